The van der Waals surface area contributed by atoms with Crippen molar-refractivity contribution in [3.05, 3.63) is 48.0 Å². The van der Waals surface area contributed by atoms with Gasteiger partial charge in [-0.15, -0.1) is 0 Å². The molecule has 0 aliphatic heterocycles. The highest BCUT2D eigenvalue weighted by Crippen LogP contribution is 1.99. The summed E-state index contributed by atoms with van der Waals surface area (Å²) < 4.78 is 4.80. The number of hydrogen-bond donors (Lipinski definition) is 1. The first-order chi connectivity index (χ1) is 9.29. The quantitative estimate of drug-likeness (QED) is 0.422. The molecule has 0 radical (unpaired) electrons. The van der Waals surface area contributed by atoms with Crippen LogP contribution in [-0.4, -0.2) is 19.1 Å². The standard InChI is InChI=1S/C16H23NO2/c1-15(18)19-13-9-4-2-3-8-12-17-14-16-10-6-5-7-11-16/h4-7,9-11,17H,2-3,8,12-14H2,1H3/b9-4+. The van der Waals surface area contributed by atoms with Gasteiger partial charge in [-0.3, -0.25) is 4.79 Å². The Morgan fingerprint density at radius 3 is 2.74 bits per heavy atom. The minimum atomic E-state index is -0.227. The van der Waals surface area contributed by atoms with Crippen molar-refractivity contribution < 1.29 is 9.53 Å². The number of unbranched alkanes of at least 4 members (excludes halogenated alkanes) is 2. The van der Waals surface area contributed by atoms with E-state index in [1.165, 1.54) is 12.5 Å². The van der Waals surface area contributed by atoms with Crippen LogP contribution in [0.5, 0.6) is 0 Å². The van der Waals surface area contributed by atoms with Crippen LogP contribution in [0.1, 0.15) is 31.7 Å². The predicted octanol–water partition coefficient (Wildman–Crippen LogP) is 3.07. The summed E-state index contributed by atoms with van der Waals surface area (Å²) in [5.41, 5.74) is 1.32. The zero-order chi connectivity index (χ0) is 13.8. The molecule has 19 heavy (non-hydrogen) atoms. The maximum Gasteiger partial charge on any atom is 0.302 e. The summed E-state index contributed by atoms with van der Waals surface area (Å²) in [6.07, 6.45) is 7.32. The number of rotatable bonds is 9. The van der Waals surface area contributed by atoms with E-state index in [4.69, 9.17) is 4.74 Å². The Bertz CT molecular complexity index is 374. The highest BCUT2D eigenvalue weighted by Gasteiger charge is 1.91. The smallest absolute Gasteiger partial charge is 0.302 e. The Morgan fingerprint density at radius 2 is 2.00 bits per heavy atom. The Morgan fingerprint density at radius 1 is 1.21 bits per heavy atom. The van der Waals surface area contributed by atoms with Crippen molar-refractivity contribution in [2.24, 2.45) is 0 Å². The average Bonchev–Trinajstić information content (AvgIpc) is 2.42. The van der Waals surface area contributed by atoms with Crippen molar-refractivity contribution in [3.8, 4) is 0 Å². The van der Waals surface area contributed by atoms with Crippen molar-refractivity contribution in [1.82, 2.24) is 5.32 Å². The molecule has 0 fully saturated rings. The predicted molar refractivity (Wildman–Crippen MR) is 77.8 cm³/mol. The number of allylic oxidation sites excluding steroid dienone is 1. The van der Waals surface area contributed by atoms with Gasteiger partial charge in [0.15, 0.2) is 0 Å². The van der Waals surface area contributed by atoms with Gasteiger partial charge in [0.05, 0.1) is 0 Å². The fraction of sp³-hybridized carbons (Fsp3) is 0.438. The molecule has 1 N–H and O–H groups in total. The zero-order valence-corrected chi connectivity index (χ0v) is 11.6. The van der Waals surface area contributed by atoms with Crippen LogP contribution in [0.15, 0.2) is 42.5 Å². The number of carbonyl (C=O) groups is 1. The van der Waals surface area contributed by atoms with E-state index in [0.717, 1.165) is 32.4 Å². The van der Waals surface area contributed by atoms with Gasteiger partial charge in [0, 0.05) is 13.5 Å². The molecule has 104 valence electrons. The first-order valence-corrected chi connectivity index (χ1v) is 6.82. The first-order valence-electron chi connectivity index (χ1n) is 6.82. The van der Waals surface area contributed by atoms with Gasteiger partial charge in [0.25, 0.3) is 0 Å². The summed E-state index contributed by atoms with van der Waals surface area (Å²) in [5, 5.41) is 3.43. The third-order valence-electron chi connectivity index (χ3n) is 2.70. The Balaban J connectivity index is 1.90. The lowest BCUT2D eigenvalue weighted by atomic mass is 10.2. The van der Waals surface area contributed by atoms with E-state index in [9.17, 15) is 4.79 Å². The molecular formula is C16H23NO2. The molecule has 1 rings (SSSR count). The number of ether oxygens (including phenoxy) is 1. The van der Waals surface area contributed by atoms with Gasteiger partial charge in [-0.2, -0.15) is 0 Å². The van der Waals surface area contributed by atoms with E-state index in [2.05, 4.69) is 35.7 Å². The lowest BCUT2D eigenvalue weighted by molar-refractivity contribution is -0.139. The summed E-state index contributed by atoms with van der Waals surface area (Å²) >= 11 is 0. The van der Waals surface area contributed by atoms with Crippen LogP contribution in [0, 0.1) is 0 Å². The van der Waals surface area contributed by atoms with Gasteiger partial charge >= 0.3 is 5.97 Å². The van der Waals surface area contributed by atoms with E-state index in [-0.39, 0.29) is 5.97 Å². The van der Waals surface area contributed by atoms with E-state index in [1.807, 2.05) is 12.1 Å². The molecule has 3 nitrogen and oxygen atoms in total. The summed E-state index contributed by atoms with van der Waals surface area (Å²) in [6, 6.07) is 10.4. The van der Waals surface area contributed by atoms with Crippen LogP contribution < -0.4 is 5.32 Å². The number of benzene rings is 1. The van der Waals surface area contributed by atoms with Crippen LogP contribution in [0.4, 0.5) is 0 Å². The Kier molecular flexibility index (Phi) is 8.39. The third kappa shape index (κ3) is 9.03. The van der Waals surface area contributed by atoms with Gasteiger partial charge < -0.3 is 10.1 Å². The Hall–Kier alpha value is -1.61. The normalized spacial score (nSPS) is 10.8. The maximum absolute atomic E-state index is 10.5. The molecule has 0 bridgehead atoms. The van der Waals surface area contributed by atoms with Crippen molar-refractivity contribution >= 4 is 5.97 Å². The topological polar surface area (TPSA) is 38.3 Å². The van der Waals surface area contributed by atoms with Gasteiger partial charge in [0.2, 0.25) is 0 Å². The van der Waals surface area contributed by atoms with Gasteiger partial charge in [0.1, 0.15) is 6.61 Å². The average molecular weight is 261 g/mol. The first kappa shape index (κ1) is 15.4. The highest BCUT2D eigenvalue weighted by atomic mass is 16.5. The molecule has 0 saturated heterocycles. The van der Waals surface area contributed by atoms with Gasteiger partial charge in [-0.25, -0.2) is 0 Å². The van der Waals surface area contributed by atoms with Crippen LogP contribution in [0.3, 0.4) is 0 Å². The molecule has 0 aromatic heterocycles. The molecule has 0 aliphatic rings. The summed E-state index contributed by atoms with van der Waals surface area (Å²) in [5.74, 6) is -0.227. The van der Waals surface area contributed by atoms with Crippen LogP contribution in [0.25, 0.3) is 0 Å². The largest absolute Gasteiger partial charge is 0.462 e. The second-order valence-electron chi connectivity index (χ2n) is 4.43. The molecule has 1 aromatic carbocycles. The fourth-order valence-electron chi connectivity index (χ4n) is 1.69. The number of nitrogens with one attached hydrogen (secondary N) is 1. The highest BCUT2D eigenvalue weighted by molar-refractivity contribution is 5.65. The van der Waals surface area contributed by atoms with Crippen molar-refractivity contribution in [1.29, 1.82) is 0 Å². The lowest BCUT2D eigenvalue weighted by Crippen LogP contribution is -2.14. The minimum Gasteiger partial charge on any atom is -0.462 e. The molecule has 1 aromatic rings. The summed E-state index contributed by atoms with van der Waals surface area (Å²) in [4.78, 5) is 10.5. The van der Waals surface area contributed by atoms with Gasteiger partial charge in [-0.1, -0.05) is 42.5 Å². The van der Waals surface area contributed by atoms with Crippen molar-refractivity contribution in [2.45, 2.75) is 32.7 Å². The summed E-state index contributed by atoms with van der Waals surface area (Å²) in [7, 11) is 0. The molecule has 0 aliphatic carbocycles. The van der Waals surface area contributed by atoms with Crippen molar-refractivity contribution in [3.63, 3.8) is 0 Å². The van der Waals surface area contributed by atoms with Crippen molar-refractivity contribution in [2.75, 3.05) is 13.2 Å². The lowest BCUT2D eigenvalue weighted by Gasteiger charge is -2.03. The van der Waals surface area contributed by atoms with Crippen LogP contribution >= 0.6 is 0 Å². The maximum atomic E-state index is 10.5. The fourth-order valence-corrected chi connectivity index (χ4v) is 1.69. The third-order valence-corrected chi connectivity index (χ3v) is 2.70. The number of hydrogen-bond acceptors (Lipinski definition) is 3. The molecule has 0 amide bonds. The molecular weight excluding hydrogens is 238 g/mol. The van der Waals surface area contributed by atoms with Crippen LogP contribution in [0.2, 0.25) is 0 Å². The number of esters is 1. The minimum absolute atomic E-state index is 0.227. The second kappa shape index (κ2) is 10.3. The second-order valence-corrected chi connectivity index (χ2v) is 4.43. The van der Waals surface area contributed by atoms with Gasteiger partial charge in [-0.05, 0) is 31.4 Å². The molecule has 0 spiro atoms. The van der Waals surface area contributed by atoms with E-state index in [1.54, 1.807) is 0 Å². The molecule has 3 heteroatoms. The van der Waals surface area contributed by atoms with E-state index < -0.39 is 0 Å². The zero-order valence-electron chi connectivity index (χ0n) is 11.6. The molecule has 0 unspecified atom stereocenters. The summed E-state index contributed by atoms with van der Waals surface area (Å²) in [6.45, 7) is 3.78. The molecule has 0 heterocycles. The van der Waals surface area contributed by atoms with E-state index >= 15 is 0 Å². The van der Waals surface area contributed by atoms with Crippen LogP contribution in [-0.2, 0) is 16.1 Å². The molecule has 0 saturated carbocycles. The monoisotopic (exact) mass is 261 g/mol. The van der Waals surface area contributed by atoms with E-state index in [0.29, 0.717) is 6.61 Å². The SMILES string of the molecule is CC(=O)OC/C=C/CCCCNCc1ccccc1. The Labute approximate surface area is 115 Å². The number of carbonyl (C=O) groups excluding carboxylic acids is 1. The molecule has 0 atom stereocenters.